The van der Waals surface area contributed by atoms with Crippen LogP contribution in [0.4, 0.5) is 0 Å². The molecule has 0 saturated heterocycles. The average molecular weight is 189 g/mol. The minimum absolute atomic E-state index is 0.102. The molecule has 1 atom stereocenters. The Morgan fingerprint density at radius 1 is 1.67 bits per heavy atom. The summed E-state index contributed by atoms with van der Waals surface area (Å²) in [7, 11) is -3.09. The molecular formula is C7H13N2O2S. The third kappa shape index (κ3) is 3.20. The molecule has 0 spiro atoms. The molecule has 0 aliphatic rings. The Labute approximate surface area is 73.7 Å². The lowest BCUT2D eigenvalue weighted by Gasteiger charge is -2.22. The molecule has 0 saturated carbocycles. The van der Waals surface area contributed by atoms with Crippen LogP contribution >= 0.6 is 0 Å². The smallest absolute Gasteiger partial charge is 0.163 e. The summed E-state index contributed by atoms with van der Waals surface area (Å²) in [4.78, 5) is 1.48. The maximum absolute atomic E-state index is 11.0. The highest BCUT2D eigenvalue weighted by Crippen LogP contribution is 2.06. The van der Waals surface area contributed by atoms with Crippen LogP contribution in [0.3, 0.4) is 0 Å². The van der Waals surface area contributed by atoms with E-state index < -0.39 is 15.2 Å². The molecule has 0 aliphatic carbocycles. The third-order valence-electron chi connectivity index (χ3n) is 1.67. The quantitative estimate of drug-likeness (QED) is 0.600. The molecule has 5 heteroatoms. The number of hydrogen-bond acceptors (Lipinski definition) is 4. The van der Waals surface area contributed by atoms with Gasteiger partial charge in [0.15, 0.2) is 9.84 Å². The molecule has 0 amide bonds. The molecule has 0 aromatic heterocycles. The zero-order valence-electron chi connectivity index (χ0n) is 7.48. The van der Waals surface area contributed by atoms with E-state index in [4.69, 9.17) is 5.26 Å². The number of nitrogens with zero attached hydrogens (tertiary/aromatic N) is 2. The SMILES string of the molecule is C[CH]N(CC#N)C(C)S(C)(=O)=O. The Kier molecular flexibility index (Phi) is 4.21. The number of sulfone groups is 1. The highest BCUT2D eigenvalue weighted by Gasteiger charge is 2.21. The molecule has 0 N–H and O–H groups in total. The lowest BCUT2D eigenvalue weighted by Crippen LogP contribution is -2.36. The molecule has 1 radical (unpaired) electrons. The Morgan fingerprint density at radius 3 is 2.42 bits per heavy atom. The van der Waals surface area contributed by atoms with Crippen molar-refractivity contribution in [2.75, 3.05) is 12.8 Å². The van der Waals surface area contributed by atoms with Crippen LogP contribution < -0.4 is 0 Å². The molecule has 0 bridgehead atoms. The standard InChI is InChI=1S/C7H13N2O2S/c1-4-9(6-5-8)7(2)12(3,10)11/h4,7H,6H2,1-3H3. The Hall–Kier alpha value is -0.600. The first kappa shape index (κ1) is 11.4. The summed E-state index contributed by atoms with van der Waals surface area (Å²) < 4.78 is 22.1. The number of rotatable bonds is 4. The molecule has 0 aliphatic heterocycles. The molecule has 1 unspecified atom stereocenters. The first-order valence-electron chi connectivity index (χ1n) is 3.54. The van der Waals surface area contributed by atoms with Crippen LogP contribution in [0.5, 0.6) is 0 Å². The molecular weight excluding hydrogens is 176 g/mol. The van der Waals surface area contributed by atoms with Gasteiger partial charge in [-0.3, -0.25) is 4.90 Å². The summed E-state index contributed by atoms with van der Waals surface area (Å²) >= 11 is 0. The van der Waals surface area contributed by atoms with E-state index in [1.54, 1.807) is 20.4 Å². The largest absolute Gasteiger partial charge is 0.270 e. The second kappa shape index (κ2) is 4.43. The zero-order chi connectivity index (χ0) is 9.78. The van der Waals surface area contributed by atoms with E-state index >= 15 is 0 Å². The maximum Gasteiger partial charge on any atom is 0.163 e. The van der Waals surface area contributed by atoms with Gasteiger partial charge in [0.25, 0.3) is 0 Å². The number of nitriles is 1. The van der Waals surface area contributed by atoms with Crippen molar-refractivity contribution in [3.05, 3.63) is 6.54 Å². The van der Waals surface area contributed by atoms with E-state index in [2.05, 4.69) is 0 Å². The lowest BCUT2D eigenvalue weighted by atomic mass is 10.5. The van der Waals surface area contributed by atoms with Gasteiger partial charge in [-0.15, -0.1) is 0 Å². The van der Waals surface area contributed by atoms with Crippen LogP contribution in [0.1, 0.15) is 13.8 Å². The van der Waals surface area contributed by atoms with Gasteiger partial charge in [-0.2, -0.15) is 5.26 Å². The van der Waals surface area contributed by atoms with Gasteiger partial charge in [0.05, 0.1) is 12.6 Å². The summed E-state index contributed by atoms with van der Waals surface area (Å²) in [6.07, 6.45) is 1.16. The van der Waals surface area contributed by atoms with E-state index in [0.717, 1.165) is 6.26 Å². The van der Waals surface area contributed by atoms with Crippen molar-refractivity contribution in [3.63, 3.8) is 0 Å². The first-order chi connectivity index (χ1) is 5.43. The van der Waals surface area contributed by atoms with E-state index in [1.807, 2.05) is 6.07 Å². The lowest BCUT2D eigenvalue weighted by molar-refractivity contribution is 0.354. The molecule has 69 valence electrons. The molecule has 4 nitrogen and oxygen atoms in total. The molecule has 0 fully saturated rings. The average Bonchev–Trinajstić information content (AvgIpc) is 1.97. The predicted molar refractivity (Wildman–Crippen MR) is 46.6 cm³/mol. The summed E-state index contributed by atoms with van der Waals surface area (Å²) in [6.45, 7) is 4.98. The van der Waals surface area contributed by atoms with Gasteiger partial charge in [-0.05, 0) is 13.8 Å². The van der Waals surface area contributed by atoms with Gasteiger partial charge in [-0.1, -0.05) is 0 Å². The minimum atomic E-state index is -3.09. The van der Waals surface area contributed by atoms with E-state index in [0.29, 0.717) is 0 Å². The van der Waals surface area contributed by atoms with Crippen LogP contribution in [0.2, 0.25) is 0 Å². The minimum Gasteiger partial charge on any atom is -0.270 e. The van der Waals surface area contributed by atoms with Crippen molar-refractivity contribution in [2.45, 2.75) is 19.2 Å². The van der Waals surface area contributed by atoms with Gasteiger partial charge < -0.3 is 0 Å². The normalized spacial score (nSPS) is 14.2. The number of hydrogen-bond donors (Lipinski definition) is 0. The van der Waals surface area contributed by atoms with Crippen molar-refractivity contribution in [3.8, 4) is 6.07 Å². The van der Waals surface area contributed by atoms with Crippen LogP contribution in [-0.2, 0) is 9.84 Å². The monoisotopic (exact) mass is 189 g/mol. The summed E-state index contributed by atoms with van der Waals surface area (Å²) in [5.74, 6) is 0. The fraction of sp³-hybridized carbons (Fsp3) is 0.714. The van der Waals surface area contributed by atoms with Crippen molar-refractivity contribution in [2.24, 2.45) is 0 Å². The predicted octanol–water partition coefficient (Wildman–Crippen LogP) is 0.384. The molecule has 0 aromatic rings. The zero-order valence-corrected chi connectivity index (χ0v) is 8.30. The van der Waals surface area contributed by atoms with Gasteiger partial charge in [-0.25, -0.2) is 8.42 Å². The maximum atomic E-state index is 11.0. The van der Waals surface area contributed by atoms with Crippen LogP contribution in [-0.4, -0.2) is 31.5 Å². The fourth-order valence-electron chi connectivity index (χ4n) is 0.757. The van der Waals surface area contributed by atoms with Gasteiger partial charge in [0, 0.05) is 12.8 Å². The van der Waals surface area contributed by atoms with E-state index in [-0.39, 0.29) is 6.54 Å². The Balaban J connectivity index is 4.45. The summed E-state index contributed by atoms with van der Waals surface area (Å²) in [6, 6.07) is 1.90. The van der Waals surface area contributed by atoms with Crippen LogP contribution in [0.15, 0.2) is 0 Å². The third-order valence-corrected chi connectivity index (χ3v) is 3.18. The molecule has 12 heavy (non-hydrogen) atoms. The highest BCUT2D eigenvalue weighted by molar-refractivity contribution is 7.91. The van der Waals surface area contributed by atoms with Gasteiger partial charge in [0.1, 0.15) is 5.37 Å². The highest BCUT2D eigenvalue weighted by atomic mass is 32.2. The van der Waals surface area contributed by atoms with Crippen molar-refractivity contribution >= 4 is 9.84 Å². The first-order valence-corrected chi connectivity index (χ1v) is 5.50. The topological polar surface area (TPSA) is 61.2 Å². The molecule has 0 rings (SSSR count). The second-order valence-electron chi connectivity index (χ2n) is 2.52. The van der Waals surface area contributed by atoms with Crippen LogP contribution in [0, 0.1) is 17.9 Å². The van der Waals surface area contributed by atoms with Crippen molar-refractivity contribution < 1.29 is 8.42 Å². The fourth-order valence-corrected chi connectivity index (χ4v) is 1.45. The molecule has 0 heterocycles. The second-order valence-corrected chi connectivity index (χ2v) is 4.86. The Bertz CT molecular complexity index is 266. The van der Waals surface area contributed by atoms with E-state index in [1.165, 1.54) is 4.90 Å². The van der Waals surface area contributed by atoms with Gasteiger partial charge in [0.2, 0.25) is 0 Å². The molecule has 0 aromatic carbocycles. The summed E-state index contributed by atoms with van der Waals surface area (Å²) in [5, 5.41) is 7.75. The summed E-state index contributed by atoms with van der Waals surface area (Å²) in [5.41, 5.74) is 0. The van der Waals surface area contributed by atoms with E-state index in [9.17, 15) is 8.42 Å². The van der Waals surface area contributed by atoms with Crippen LogP contribution in [0.25, 0.3) is 0 Å². The Morgan fingerprint density at radius 2 is 2.17 bits per heavy atom. The van der Waals surface area contributed by atoms with Crippen molar-refractivity contribution in [1.29, 1.82) is 5.26 Å². The van der Waals surface area contributed by atoms with Crippen molar-refractivity contribution in [1.82, 2.24) is 4.90 Å². The van der Waals surface area contributed by atoms with Gasteiger partial charge >= 0.3 is 0 Å².